The zero-order valence-corrected chi connectivity index (χ0v) is 16.2. The fourth-order valence-corrected chi connectivity index (χ4v) is 4.69. The number of anilines is 1. The Morgan fingerprint density at radius 3 is 2.33 bits per heavy atom. The molecule has 0 bridgehead atoms. The largest absolute Gasteiger partial charge is 0.346 e. The average molecular weight is 411 g/mol. The van der Waals surface area contributed by atoms with Crippen molar-refractivity contribution in [3.05, 3.63) is 59.7 Å². The fourth-order valence-electron chi connectivity index (χ4n) is 3.09. The first kappa shape index (κ1) is 19.9. The first-order chi connectivity index (χ1) is 12.8. The second-order valence-electron chi connectivity index (χ2n) is 6.56. The highest BCUT2D eigenvalue weighted by atomic mass is 32.2. The minimum atomic E-state index is -3.76. The lowest BCUT2D eigenvalue weighted by Gasteiger charge is -2.22. The molecule has 1 aliphatic carbocycles. The predicted octanol–water partition coefficient (Wildman–Crippen LogP) is 4.36. The van der Waals surface area contributed by atoms with E-state index >= 15 is 0 Å². The van der Waals surface area contributed by atoms with Crippen molar-refractivity contribution in [2.45, 2.75) is 43.0 Å². The number of thiocarbonyl (C=S) groups is 1. The van der Waals surface area contributed by atoms with Crippen LogP contribution in [-0.4, -0.2) is 19.4 Å². The molecule has 0 aliphatic heterocycles. The number of rotatable bonds is 5. The van der Waals surface area contributed by atoms with Crippen LogP contribution in [0.2, 0.25) is 0 Å². The van der Waals surface area contributed by atoms with Gasteiger partial charge in [-0.1, -0.05) is 31.5 Å². The molecule has 3 rings (SSSR count). The average Bonchev–Trinajstić information content (AvgIpc) is 2.64. The van der Waals surface area contributed by atoms with Crippen LogP contribution in [0, 0.1) is 11.6 Å². The van der Waals surface area contributed by atoms with Crippen molar-refractivity contribution in [1.29, 1.82) is 0 Å². The van der Waals surface area contributed by atoms with Gasteiger partial charge in [-0.15, -0.1) is 0 Å². The maximum atomic E-state index is 14.2. The molecule has 0 spiro atoms. The Kier molecular flexibility index (Phi) is 6.18. The van der Waals surface area contributed by atoms with Gasteiger partial charge in [-0.25, -0.2) is 21.9 Å². The molecule has 0 atom stereocenters. The Labute approximate surface area is 163 Å². The zero-order chi connectivity index (χ0) is 19.4. The molecule has 1 aliphatic rings. The van der Waals surface area contributed by atoms with Crippen LogP contribution in [-0.2, 0) is 10.0 Å². The van der Waals surface area contributed by atoms with Crippen molar-refractivity contribution >= 4 is 32.9 Å². The normalized spacial score (nSPS) is 15.5. The SMILES string of the molecule is O=S(=O)(NC1CCCCC1)c1ccc(F)c(C(=S)Nc2ccc(F)cc2)c1. The molecule has 144 valence electrons. The van der Waals surface area contributed by atoms with E-state index in [2.05, 4.69) is 10.0 Å². The predicted molar refractivity (Wildman–Crippen MR) is 105 cm³/mol. The highest BCUT2D eigenvalue weighted by Crippen LogP contribution is 2.22. The van der Waals surface area contributed by atoms with Crippen molar-refractivity contribution in [3.63, 3.8) is 0 Å². The van der Waals surface area contributed by atoms with Crippen molar-refractivity contribution < 1.29 is 17.2 Å². The van der Waals surface area contributed by atoms with Crippen LogP contribution in [0.5, 0.6) is 0 Å². The van der Waals surface area contributed by atoms with Crippen molar-refractivity contribution in [3.8, 4) is 0 Å². The van der Waals surface area contributed by atoms with E-state index in [1.54, 1.807) is 0 Å². The third kappa shape index (κ3) is 5.09. The molecule has 0 aromatic heterocycles. The summed E-state index contributed by atoms with van der Waals surface area (Å²) in [6, 6.07) is 8.86. The summed E-state index contributed by atoms with van der Waals surface area (Å²) in [5.41, 5.74) is 0.454. The Bertz CT molecular complexity index is 925. The Hall–Kier alpha value is -1.90. The van der Waals surface area contributed by atoms with Crippen molar-refractivity contribution in [2.75, 3.05) is 5.32 Å². The van der Waals surface area contributed by atoms with Crippen molar-refractivity contribution in [2.24, 2.45) is 0 Å². The zero-order valence-electron chi connectivity index (χ0n) is 14.5. The number of hydrogen-bond donors (Lipinski definition) is 2. The molecule has 1 fully saturated rings. The number of halogens is 2. The van der Waals surface area contributed by atoms with E-state index in [0.717, 1.165) is 38.2 Å². The summed E-state index contributed by atoms with van der Waals surface area (Å²) in [4.78, 5) is -0.0124. The number of nitrogens with one attached hydrogen (secondary N) is 2. The van der Waals surface area contributed by atoms with E-state index in [1.165, 1.54) is 36.4 Å². The van der Waals surface area contributed by atoms with Gasteiger partial charge >= 0.3 is 0 Å². The van der Waals surface area contributed by atoms with Gasteiger partial charge in [0.05, 0.1) is 4.90 Å². The fraction of sp³-hybridized carbons (Fsp3) is 0.316. The number of sulfonamides is 1. The molecule has 0 unspecified atom stereocenters. The first-order valence-electron chi connectivity index (χ1n) is 8.74. The van der Waals surface area contributed by atoms with E-state index in [4.69, 9.17) is 12.2 Å². The number of hydrogen-bond acceptors (Lipinski definition) is 3. The van der Waals surface area contributed by atoms with E-state index < -0.39 is 21.7 Å². The van der Waals surface area contributed by atoms with Gasteiger partial charge < -0.3 is 5.32 Å². The summed E-state index contributed by atoms with van der Waals surface area (Å²) in [5.74, 6) is -1.04. The molecule has 0 heterocycles. The standard InChI is InChI=1S/C19H20F2N2O2S2/c20-13-6-8-14(9-7-13)22-19(26)17-12-16(10-11-18(17)21)27(24,25)23-15-4-2-1-3-5-15/h6-12,15,23H,1-5H2,(H,22,26). The molecule has 4 nitrogen and oxygen atoms in total. The molecule has 0 saturated heterocycles. The summed E-state index contributed by atoms with van der Waals surface area (Å²) < 4.78 is 55.2. The van der Waals surface area contributed by atoms with Crippen LogP contribution in [0.3, 0.4) is 0 Å². The molecule has 2 aromatic carbocycles. The van der Waals surface area contributed by atoms with Gasteiger partial charge in [0, 0.05) is 17.3 Å². The minimum Gasteiger partial charge on any atom is -0.346 e. The third-order valence-electron chi connectivity index (χ3n) is 4.52. The molecule has 27 heavy (non-hydrogen) atoms. The molecule has 0 amide bonds. The van der Waals surface area contributed by atoms with Gasteiger partial charge in [-0.05, 0) is 55.3 Å². The second kappa shape index (κ2) is 8.41. The summed E-state index contributed by atoms with van der Waals surface area (Å²) in [6.07, 6.45) is 4.71. The quantitative estimate of drug-likeness (QED) is 0.719. The smallest absolute Gasteiger partial charge is 0.240 e. The van der Waals surface area contributed by atoms with Crippen LogP contribution < -0.4 is 10.0 Å². The van der Waals surface area contributed by atoms with Crippen LogP contribution >= 0.6 is 12.2 Å². The van der Waals surface area contributed by atoms with Gasteiger partial charge in [0.2, 0.25) is 10.0 Å². The lowest BCUT2D eigenvalue weighted by molar-refractivity contribution is 0.412. The molecular weight excluding hydrogens is 390 g/mol. The molecular formula is C19H20F2N2O2S2. The molecule has 0 radical (unpaired) electrons. The highest BCUT2D eigenvalue weighted by Gasteiger charge is 2.23. The monoisotopic (exact) mass is 410 g/mol. The maximum Gasteiger partial charge on any atom is 0.240 e. The topological polar surface area (TPSA) is 58.2 Å². The summed E-state index contributed by atoms with van der Waals surface area (Å²) in [6.45, 7) is 0. The highest BCUT2D eigenvalue weighted by molar-refractivity contribution is 7.89. The van der Waals surface area contributed by atoms with Gasteiger partial charge in [-0.3, -0.25) is 0 Å². The van der Waals surface area contributed by atoms with Gasteiger partial charge in [-0.2, -0.15) is 0 Å². The van der Waals surface area contributed by atoms with E-state index in [-0.39, 0.29) is 21.5 Å². The first-order valence-corrected chi connectivity index (χ1v) is 10.6. The second-order valence-corrected chi connectivity index (χ2v) is 8.68. The molecule has 2 N–H and O–H groups in total. The molecule has 2 aromatic rings. The van der Waals surface area contributed by atoms with Crippen LogP contribution in [0.1, 0.15) is 37.7 Å². The number of benzene rings is 2. The van der Waals surface area contributed by atoms with E-state index in [9.17, 15) is 17.2 Å². The minimum absolute atomic E-state index is 0.0221. The van der Waals surface area contributed by atoms with E-state index in [1.807, 2.05) is 0 Å². The summed E-state index contributed by atoms with van der Waals surface area (Å²) >= 11 is 5.21. The van der Waals surface area contributed by atoms with Gasteiger partial charge in [0.15, 0.2) is 0 Å². The lowest BCUT2D eigenvalue weighted by Crippen LogP contribution is -2.36. The van der Waals surface area contributed by atoms with Gasteiger partial charge in [0.25, 0.3) is 0 Å². The van der Waals surface area contributed by atoms with Crippen LogP contribution in [0.15, 0.2) is 47.4 Å². The Morgan fingerprint density at radius 1 is 1.00 bits per heavy atom. The van der Waals surface area contributed by atoms with E-state index in [0.29, 0.717) is 5.69 Å². The summed E-state index contributed by atoms with van der Waals surface area (Å²) in [5, 5.41) is 2.80. The van der Waals surface area contributed by atoms with Gasteiger partial charge in [0.1, 0.15) is 16.6 Å². The maximum absolute atomic E-state index is 14.2. The Balaban J connectivity index is 1.80. The third-order valence-corrected chi connectivity index (χ3v) is 6.36. The lowest BCUT2D eigenvalue weighted by atomic mass is 9.96. The van der Waals surface area contributed by atoms with Crippen LogP contribution in [0.4, 0.5) is 14.5 Å². The van der Waals surface area contributed by atoms with Crippen LogP contribution in [0.25, 0.3) is 0 Å². The van der Waals surface area contributed by atoms with Crippen molar-refractivity contribution in [1.82, 2.24) is 4.72 Å². The summed E-state index contributed by atoms with van der Waals surface area (Å²) in [7, 11) is -3.76. The Morgan fingerprint density at radius 2 is 1.67 bits per heavy atom. The molecule has 1 saturated carbocycles. The molecule has 8 heteroatoms.